The second-order valence-electron chi connectivity index (χ2n) is 5.79. The van der Waals surface area contributed by atoms with Gasteiger partial charge in [0.15, 0.2) is 5.96 Å². The third-order valence-corrected chi connectivity index (χ3v) is 3.73. The van der Waals surface area contributed by atoms with Crippen molar-refractivity contribution in [2.45, 2.75) is 20.0 Å². The molecular weight excluding hydrogens is 331 g/mol. The average molecular weight is 358 g/mol. The third kappa shape index (κ3) is 7.11. The standard InChI is InChI=1S/C20H27FN4O/c1-3-22-20(24-14-16-4-8-18(21)9-5-16)25-15-17-6-10-19(11-7-17)23-12-13-26-2/h4-11,23H,3,12-15H2,1-2H3,(H2,22,24,25). The molecule has 0 aliphatic rings. The Labute approximate surface area is 154 Å². The first-order valence-electron chi connectivity index (χ1n) is 8.79. The second-order valence-corrected chi connectivity index (χ2v) is 5.79. The van der Waals surface area contributed by atoms with Crippen LogP contribution in [0.2, 0.25) is 0 Å². The zero-order chi connectivity index (χ0) is 18.6. The molecule has 26 heavy (non-hydrogen) atoms. The van der Waals surface area contributed by atoms with E-state index in [-0.39, 0.29) is 5.82 Å². The topological polar surface area (TPSA) is 57.7 Å². The number of guanidine groups is 1. The molecule has 2 aromatic carbocycles. The molecule has 0 spiro atoms. The van der Waals surface area contributed by atoms with Crippen molar-refractivity contribution in [2.24, 2.45) is 4.99 Å². The molecule has 0 unspecified atom stereocenters. The normalized spacial score (nSPS) is 11.3. The van der Waals surface area contributed by atoms with Crippen molar-refractivity contribution < 1.29 is 9.13 Å². The van der Waals surface area contributed by atoms with Gasteiger partial charge in [-0.2, -0.15) is 0 Å². The van der Waals surface area contributed by atoms with Gasteiger partial charge >= 0.3 is 0 Å². The van der Waals surface area contributed by atoms with Crippen LogP contribution in [0.1, 0.15) is 18.1 Å². The summed E-state index contributed by atoms with van der Waals surface area (Å²) in [7, 11) is 1.69. The summed E-state index contributed by atoms with van der Waals surface area (Å²) in [6, 6.07) is 14.7. The maximum atomic E-state index is 13.0. The summed E-state index contributed by atoms with van der Waals surface area (Å²) < 4.78 is 18.0. The molecular formula is C20H27FN4O. The fourth-order valence-corrected chi connectivity index (χ4v) is 2.33. The summed E-state index contributed by atoms with van der Waals surface area (Å²) in [6.45, 7) is 5.43. The van der Waals surface area contributed by atoms with Crippen LogP contribution < -0.4 is 16.0 Å². The summed E-state index contributed by atoms with van der Waals surface area (Å²) in [6.07, 6.45) is 0. The number of methoxy groups -OCH3 is 1. The fraction of sp³-hybridized carbons (Fsp3) is 0.350. The summed E-state index contributed by atoms with van der Waals surface area (Å²) >= 11 is 0. The maximum Gasteiger partial charge on any atom is 0.191 e. The van der Waals surface area contributed by atoms with Crippen LogP contribution in [0.15, 0.2) is 53.5 Å². The summed E-state index contributed by atoms with van der Waals surface area (Å²) in [5.41, 5.74) is 3.20. The molecule has 0 aromatic heterocycles. The fourth-order valence-electron chi connectivity index (χ4n) is 2.33. The van der Waals surface area contributed by atoms with Crippen molar-refractivity contribution in [1.29, 1.82) is 0 Å². The zero-order valence-electron chi connectivity index (χ0n) is 15.4. The maximum absolute atomic E-state index is 13.0. The lowest BCUT2D eigenvalue weighted by atomic mass is 10.2. The van der Waals surface area contributed by atoms with Crippen LogP contribution >= 0.6 is 0 Å². The van der Waals surface area contributed by atoms with Crippen molar-refractivity contribution in [3.8, 4) is 0 Å². The molecule has 0 aliphatic carbocycles. The molecule has 0 heterocycles. The summed E-state index contributed by atoms with van der Waals surface area (Å²) in [5, 5.41) is 9.77. The van der Waals surface area contributed by atoms with E-state index in [0.29, 0.717) is 19.7 Å². The van der Waals surface area contributed by atoms with Crippen LogP contribution in [0.4, 0.5) is 10.1 Å². The van der Waals surface area contributed by atoms with E-state index in [4.69, 9.17) is 4.74 Å². The predicted molar refractivity (Wildman–Crippen MR) is 105 cm³/mol. The minimum absolute atomic E-state index is 0.227. The number of nitrogens with one attached hydrogen (secondary N) is 3. The summed E-state index contributed by atoms with van der Waals surface area (Å²) in [5.74, 6) is 0.508. The van der Waals surface area contributed by atoms with Gasteiger partial charge in [0.25, 0.3) is 0 Å². The molecule has 140 valence electrons. The van der Waals surface area contributed by atoms with Gasteiger partial charge in [-0.3, -0.25) is 0 Å². The first-order chi connectivity index (χ1) is 12.7. The lowest BCUT2D eigenvalue weighted by Gasteiger charge is -2.11. The Morgan fingerprint density at radius 2 is 1.69 bits per heavy atom. The molecule has 3 N–H and O–H groups in total. The second kappa shape index (κ2) is 11.1. The Kier molecular flexibility index (Phi) is 8.42. The predicted octanol–water partition coefficient (Wildman–Crippen LogP) is 3.14. The van der Waals surface area contributed by atoms with Crippen LogP contribution in [0.3, 0.4) is 0 Å². The Balaban J connectivity index is 1.88. The largest absolute Gasteiger partial charge is 0.383 e. The van der Waals surface area contributed by atoms with Gasteiger partial charge in [0, 0.05) is 32.4 Å². The van der Waals surface area contributed by atoms with Crippen molar-refractivity contribution >= 4 is 11.6 Å². The molecule has 2 rings (SSSR count). The zero-order valence-corrected chi connectivity index (χ0v) is 15.4. The number of aliphatic imine (C=N–C) groups is 1. The first kappa shape index (κ1) is 19.7. The van der Waals surface area contributed by atoms with Gasteiger partial charge in [0.2, 0.25) is 0 Å². The van der Waals surface area contributed by atoms with Gasteiger partial charge in [-0.15, -0.1) is 0 Å². The number of halogens is 1. The lowest BCUT2D eigenvalue weighted by Crippen LogP contribution is -2.36. The van der Waals surface area contributed by atoms with Crippen molar-refractivity contribution in [3.05, 3.63) is 65.5 Å². The lowest BCUT2D eigenvalue weighted by molar-refractivity contribution is 0.211. The van der Waals surface area contributed by atoms with Crippen molar-refractivity contribution in [3.63, 3.8) is 0 Å². The molecule has 0 fully saturated rings. The monoisotopic (exact) mass is 358 g/mol. The van der Waals surface area contributed by atoms with E-state index in [1.165, 1.54) is 12.1 Å². The number of ether oxygens (including phenoxy) is 1. The van der Waals surface area contributed by atoms with Gasteiger partial charge in [-0.25, -0.2) is 9.38 Å². The van der Waals surface area contributed by atoms with Crippen LogP contribution in [0.25, 0.3) is 0 Å². The van der Waals surface area contributed by atoms with Crippen LogP contribution in [-0.4, -0.2) is 32.8 Å². The Morgan fingerprint density at radius 3 is 2.35 bits per heavy atom. The van der Waals surface area contributed by atoms with Gasteiger partial charge in [-0.05, 0) is 42.3 Å². The Morgan fingerprint density at radius 1 is 1.00 bits per heavy atom. The van der Waals surface area contributed by atoms with E-state index in [1.807, 2.05) is 19.1 Å². The highest BCUT2D eigenvalue weighted by atomic mass is 19.1. The molecule has 6 heteroatoms. The van der Waals surface area contributed by atoms with E-state index in [9.17, 15) is 4.39 Å². The van der Waals surface area contributed by atoms with E-state index in [0.717, 1.165) is 35.9 Å². The number of anilines is 1. The van der Waals surface area contributed by atoms with E-state index in [1.54, 1.807) is 19.2 Å². The molecule has 0 aliphatic heterocycles. The minimum atomic E-state index is -0.227. The van der Waals surface area contributed by atoms with Gasteiger partial charge in [0.1, 0.15) is 5.82 Å². The van der Waals surface area contributed by atoms with Crippen molar-refractivity contribution in [2.75, 3.05) is 32.1 Å². The summed E-state index contributed by atoms with van der Waals surface area (Å²) in [4.78, 5) is 4.60. The molecule has 0 saturated carbocycles. The average Bonchev–Trinajstić information content (AvgIpc) is 2.66. The molecule has 0 amide bonds. The Bertz CT molecular complexity index is 671. The molecule has 0 saturated heterocycles. The van der Waals surface area contributed by atoms with Crippen LogP contribution in [-0.2, 0) is 17.8 Å². The molecule has 0 bridgehead atoms. The SMILES string of the molecule is CCNC(=NCc1ccc(NCCOC)cc1)NCc1ccc(F)cc1. The van der Waals surface area contributed by atoms with Crippen molar-refractivity contribution in [1.82, 2.24) is 10.6 Å². The number of hydrogen-bond acceptors (Lipinski definition) is 3. The van der Waals surface area contributed by atoms with E-state index < -0.39 is 0 Å². The number of hydrogen-bond donors (Lipinski definition) is 3. The number of benzene rings is 2. The van der Waals surface area contributed by atoms with Gasteiger partial charge in [-0.1, -0.05) is 24.3 Å². The number of rotatable bonds is 9. The van der Waals surface area contributed by atoms with Gasteiger partial charge in [0.05, 0.1) is 13.2 Å². The third-order valence-electron chi connectivity index (χ3n) is 3.73. The van der Waals surface area contributed by atoms with Gasteiger partial charge < -0.3 is 20.7 Å². The number of nitrogens with zero attached hydrogens (tertiary/aromatic N) is 1. The van der Waals surface area contributed by atoms with Crippen LogP contribution in [0, 0.1) is 5.82 Å². The smallest absolute Gasteiger partial charge is 0.191 e. The molecule has 5 nitrogen and oxygen atoms in total. The quantitative estimate of drug-likeness (QED) is 0.366. The van der Waals surface area contributed by atoms with E-state index in [2.05, 4.69) is 33.1 Å². The molecule has 2 aromatic rings. The highest BCUT2D eigenvalue weighted by Gasteiger charge is 2.00. The molecule has 0 atom stereocenters. The highest BCUT2D eigenvalue weighted by Crippen LogP contribution is 2.10. The first-order valence-corrected chi connectivity index (χ1v) is 8.79. The van der Waals surface area contributed by atoms with Crippen LogP contribution in [0.5, 0.6) is 0 Å². The molecule has 0 radical (unpaired) electrons. The minimum Gasteiger partial charge on any atom is -0.383 e. The van der Waals surface area contributed by atoms with E-state index >= 15 is 0 Å². The Hall–Kier alpha value is -2.60. The highest BCUT2D eigenvalue weighted by molar-refractivity contribution is 5.79.